The summed E-state index contributed by atoms with van der Waals surface area (Å²) in [6, 6.07) is 12.0. The number of aromatic nitrogens is 3. The van der Waals surface area contributed by atoms with Gasteiger partial charge in [-0.05, 0) is 18.4 Å². The van der Waals surface area contributed by atoms with Crippen LogP contribution in [0.2, 0.25) is 0 Å². The van der Waals surface area contributed by atoms with Crippen molar-refractivity contribution in [3.8, 4) is 0 Å². The summed E-state index contributed by atoms with van der Waals surface area (Å²) in [5.74, 6) is 2.29. The number of amides is 2. The molecule has 2 heterocycles. The quantitative estimate of drug-likeness (QED) is 0.698. The van der Waals surface area contributed by atoms with Gasteiger partial charge in [-0.3, -0.25) is 0 Å². The van der Waals surface area contributed by atoms with Crippen LogP contribution in [0.15, 0.2) is 53.3 Å². The average Bonchev–Trinajstić information content (AvgIpc) is 3.28. The van der Waals surface area contributed by atoms with E-state index in [1.165, 1.54) is 18.4 Å². The third-order valence-corrected chi connectivity index (χ3v) is 4.70. The highest BCUT2D eigenvalue weighted by molar-refractivity contribution is 5.73. The molecule has 0 spiro atoms. The molecule has 2 amide bonds. The molecule has 1 aromatic carbocycles. The summed E-state index contributed by atoms with van der Waals surface area (Å²) in [5, 5.41) is 6.90. The lowest BCUT2D eigenvalue weighted by Gasteiger charge is -2.18. The first-order valence-electron chi connectivity index (χ1n) is 9.17. The minimum absolute atomic E-state index is 0.166. The normalized spacial score (nSPS) is 13.5. The molecule has 140 valence electrons. The van der Waals surface area contributed by atoms with Crippen LogP contribution in [0.25, 0.3) is 0 Å². The van der Waals surface area contributed by atoms with Crippen LogP contribution >= 0.6 is 0 Å². The Morgan fingerprint density at radius 1 is 1.33 bits per heavy atom. The fraction of sp³-hybridized carbons (Fsp3) is 0.350. The first-order chi connectivity index (χ1) is 13.2. The molecular formula is C20H23N5O2. The summed E-state index contributed by atoms with van der Waals surface area (Å²) in [7, 11) is 1.76. The Balaban J connectivity index is 1.31. The van der Waals surface area contributed by atoms with Gasteiger partial charge in [0.05, 0.1) is 13.1 Å². The Bertz CT molecular complexity index is 898. The van der Waals surface area contributed by atoms with Crippen molar-refractivity contribution in [2.45, 2.75) is 38.4 Å². The third-order valence-electron chi connectivity index (χ3n) is 4.70. The van der Waals surface area contributed by atoms with Gasteiger partial charge in [0.25, 0.3) is 0 Å². The third kappa shape index (κ3) is 4.36. The molecule has 1 aliphatic carbocycles. The van der Waals surface area contributed by atoms with Crippen molar-refractivity contribution in [3.63, 3.8) is 0 Å². The first kappa shape index (κ1) is 17.3. The van der Waals surface area contributed by atoms with Gasteiger partial charge in [-0.1, -0.05) is 35.5 Å². The van der Waals surface area contributed by atoms with Gasteiger partial charge >= 0.3 is 6.03 Å². The van der Waals surface area contributed by atoms with Crippen LogP contribution < -0.4 is 5.32 Å². The molecule has 7 heteroatoms. The predicted molar refractivity (Wildman–Crippen MR) is 100.0 cm³/mol. The number of carbonyl (C=O) groups excluding carboxylic acids is 1. The average molecular weight is 365 g/mol. The highest BCUT2D eigenvalue weighted by Gasteiger charge is 2.27. The van der Waals surface area contributed by atoms with Crippen LogP contribution in [-0.4, -0.2) is 32.7 Å². The molecule has 0 atom stereocenters. The summed E-state index contributed by atoms with van der Waals surface area (Å²) in [5.41, 5.74) is 1.95. The second-order valence-corrected chi connectivity index (χ2v) is 6.97. The fourth-order valence-electron chi connectivity index (χ4n) is 2.97. The number of hydrogen-bond acceptors (Lipinski definition) is 4. The highest BCUT2D eigenvalue weighted by atomic mass is 16.5. The van der Waals surface area contributed by atoms with Crippen molar-refractivity contribution < 1.29 is 9.32 Å². The molecule has 0 unspecified atom stereocenters. The SMILES string of the molecule is CN(Cc1nccn1Cc1ccccc1)C(=O)NCc1cc(C2CC2)on1. The lowest BCUT2D eigenvalue weighted by Crippen LogP contribution is -2.37. The van der Waals surface area contributed by atoms with E-state index < -0.39 is 0 Å². The van der Waals surface area contributed by atoms with Crippen LogP contribution in [0.5, 0.6) is 0 Å². The Morgan fingerprint density at radius 2 is 2.15 bits per heavy atom. The van der Waals surface area contributed by atoms with E-state index in [4.69, 9.17) is 4.52 Å². The number of urea groups is 1. The van der Waals surface area contributed by atoms with E-state index in [0.717, 1.165) is 23.8 Å². The molecule has 3 aromatic rings. The van der Waals surface area contributed by atoms with Crippen molar-refractivity contribution in [3.05, 3.63) is 71.6 Å². The van der Waals surface area contributed by atoms with Gasteiger partial charge < -0.3 is 19.3 Å². The topological polar surface area (TPSA) is 76.2 Å². The highest BCUT2D eigenvalue weighted by Crippen LogP contribution is 2.40. The van der Waals surface area contributed by atoms with E-state index in [1.807, 2.05) is 30.5 Å². The molecule has 0 aliphatic heterocycles. The van der Waals surface area contributed by atoms with Gasteiger partial charge in [-0.25, -0.2) is 9.78 Å². The van der Waals surface area contributed by atoms with E-state index in [0.29, 0.717) is 19.0 Å². The van der Waals surface area contributed by atoms with Gasteiger partial charge in [0.15, 0.2) is 0 Å². The summed E-state index contributed by atoms with van der Waals surface area (Å²) >= 11 is 0. The van der Waals surface area contributed by atoms with Crippen LogP contribution in [-0.2, 0) is 19.6 Å². The zero-order valence-electron chi connectivity index (χ0n) is 15.3. The fourth-order valence-corrected chi connectivity index (χ4v) is 2.97. The maximum absolute atomic E-state index is 12.4. The monoisotopic (exact) mass is 365 g/mol. The zero-order chi connectivity index (χ0) is 18.6. The van der Waals surface area contributed by atoms with Crippen molar-refractivity contribution in [1.82, 2.24) is 24.9 Å². The molecule has 0 saturated heterocycles. The molecule has 1 fully saturated rings. The summed E-state index contributed by atoms with van der Waals surface area (Å²) < 4.78 is 7.36. The first-order valence-corrected chi connectivity index (χ1v) is 9.17. The number of nitrogens with zero attached hydrogens (tertiary/aromatic N) is 4. The molecule has 1 aliphatic rings. The van der Waals surface area contributed by atoms with Gasteiger partial charge in [0.2, 0.25) is 0 Å². The van der Waals surface area contributed by atoms with Crippen LogP contribution in [0, 0.1) is 0 Å². The smallest absolute Gasteiger partial charge is 0.317 e. The molecule has 4 rings (SSSR count). The zero-order valence-corrected chi connectivity index (χ0v) is 15.3. The molecule has 7 nitrogen and oxygen atoms in total. The summed E-state index contributed by atoms with van der Waals surface area (Å²) in [4.78, 5) is 18.4. The van der Waals surface area contributed by atoms with E-state index in [2.05, 4.69) is 32.2 Å². The number of benzene rings is 1. The number of imidazole rings is 1. The van der Waals surface area contributed by atoms with Gasteiger partial charge in [-0.15, -0.1) is 0 Å². The minimum Gasteiger partial charge on any atom is -0.361 e. The molecule has 27 heavy (non-hydrogen) atoms. The van der Waals surface area contributed by atoms with Crippen molar-refractivity contribution in [2.24, 2.45) is 0 Å². The van der Waals surface area contributed by atoms with E-state index in [9.17, 15) is 4.79 Å². The molecular weight excluding hydrogens is 342 g/mol. The predicted octanol–water partition coefficient (Wildman–Crippen LogP) is 3.14. The Kier molecular flexibility index (Phi) is 4.91. The van der Waals surface area contributed by atoms with Gasteiger partial charge in [0.1, 0.15) is 17.3 Å². The maximum Gasteiger partial charge on any atom is 0.317 e. The van der Waals surface area contributed by atoms with Crippen molar-refractivity contribution >= 4 is 6.03 Å². The molecule has 1 N–H and O–H groups in total. The largest absolute Gasteiger partial charge is 0.361 e. The number of rotatable bonds is 7. The standard InChI is InChI=1S/C20H23N5O2/c1-24(20(26)22-12-17-11-18(27-23-17)16-7-8-16)14-19-21-9-10-25(19)13-15-5-3-2-4-6-15/h2-6,9-11,16H,7-8,12-14H2,1H3,(H,22,26). The maximum atomic E-state index is 12.4. The lowest BCUT2D eigenvalue weighted by molar-refractivity contribution is 0.204. The Hall–Kier alpha value is -3.09. The lowest BCUT2D eigenvalue weighted by atomic mass is 10.2. The van der Waals surface area contributed by atoms with Crippen LogP contribution in [0.4, 0.5) is 4.79 Å². The molecule has 2 aromatic heterocycles. The molecule has 0 radical (unpaired) electrons. The second kappa shape index (κ2) is 7.65. The second-order valence-electron chi connectivity index (χ2n) is 6.97. The van der Waals surface area contributed by atoms with Gasteiger partial charge in [0, 0.05) is 38.0 Å². The number of nitrogens with one attached hydrogen (secondary N) is 1. The van der Waals surface area contributed by atoms with Gasteiger partial charge in [-0.2, -0.15) is 0 Å². The number of hydrogen-bond donors (Lipinski definition) is 1. The minimum atomic E-state index is -0.166. The van der Waals surface area contributed by atoms with E-state index >= 15 is 0 Å². The Morgan fingerprint density at radius 3 is 2.93 bits per heavy atom. The molecule has 0 bridgehead atoms. The summed E-state index contributed by atoms with van der Waals surface area (Å²) in [6.07, 6.45) is 6.03. The van der Waals surface area contributed by atoms with Crippen molar-refractivity contribution in [2.75, 3.05) is 7.05 Å². The van der Waals surface area contributed by atoms with Crippen LogP contribution in [0.1, 0.15) is 41.6 Å². The number of carbonyl (C=O) groups is 1. The molecule has 1 saturated carbocycles. The van der Waals surface area contributed by atoms with E-state index in [1.54, 1.807) is 18.1 Å². The van der Waals surface area contributed by atoms with E-state index in [-0.39, 0.29) is 6.03 Å². The van der Waals surface area contributed by atoms with Crippen molar-refractivity contribution in [1.29, 1.82) is 0 Å². The Labute approximate surface area is 158 Å². The summed E-state index contributed by atoms with van der Waals surface area (Å²) in [6.45, 7) is 1.52. The van der Waals surface area contributed by atoms with Crippen LogP contribution in [0.3, 0.4) is 0 Å².